The van der Waals surface area contributed by atoms with Crippen LogP contribution in [0.1, 0.15) is 21.5 Å². The van der Waals surface area contributed by atoms with Crippen LogP contribution in [-0.4, -0.2) is 25.9 Å². The van der Waals surface area contributed by atoms with E-state index < -0.39 is 0 Å². The van der Waals surface area contributed by atoms with Crippen LogP contribution in [0.3, 0.4) is 0 Å². The lowest BCUT2D eigenvalue weighted by Crippen LogP contribution is -2.20. The van der Waals surface area contributed by atoms with Crippen LogP contribution in [0.25, 0.3) is 0 Å². The Balaban J connectivity index is 2.00. The number of hydrogen-bond acceptors (Lipinski definition) is 4. The number of methoxy groups -OCH3 is 1. The first-order valence-corrected chi connectivity index (χ1v) is 7.16. The number of aryl methyl sites for hydroxylation is 2. The summed E-state index contributed by atoms with van der Waals surface area (Å²) in [5.41, 5.74) is 3.37. The van der Waals surface area contributed by atoms with Gasteiger partial charge in [0, 0.05) is 11.3 Å². The topological polar surface area (TPSA) is 64.6 Å². The lowest BCUT2D eigenvalue weighted by atomic mass is 10.1. The fourth-order valence-corrected chi connectivity index (χ4v) is 2.26. The Morgan fingerprint density at radius 3 is 2.39 bits per heavy atom. The summed E-state index contributed by atoms with van der Waals surface area (Å²) in [5, 5.41) is 2.79. The van der Waals surface area contributed by atoms with Crippen molar-refractivity contribution >= 4 is 17.9 Å². The molecule has 1 N–H and O–H groups in total. The van der Waals surface area contributed by atoms with Crippen LogP contribution in [0.15, 0.2) is 36.4 Å². The van der Waals surface area contributed by atoms with Gasteiger partial charge in [-0.1, -0.05) is 6.07 Å². The monoisotopic (exact) mass is 313 g/mol. The van der Waals surface area contributed by atoms with Gasteiger partial charge in [-0.25, -0.2) is 0 Å². The van der Waals surface area contributed by atoms with Gasteiger partial charge in [-0.05, 0) is 55.3 Å². The molecule has 2 aromatic rings. The van der Waals surface area contributed by atoms with E-state index in [-0.39, 0.29) is 12.5 Å². The molecule has 2 rings (SSSR count). The lowest BCUT2D eigenvalue weighted by molar-refractivity contribution is -0.118. The molecule has 5 nitrogen and oxygen atoms in total. The van der Waals surface area contributed by atoms with Gasteiger partial charge in [0.25, 0.3) is 5.91 Å². The van der Waals surface area contributed by atoms with E-state index in [1.54, 1.807) is 18.2 Å². The van der Waals surface area contributed by atoms with Crippen molar-refractivity contribution in [3.05, 3.63) is 53.1 Å². The molecule has 2 aromatic carbocycles. The normalized spacial score (nSPS) is 10.0. The summed E-state index contributed by atoms with van der Waals surface area (Å²) in [6.45, 7) is 3.79. The second kappa shape index (κ2) is 7.45. The number of anilines is 1. The standard InChI is InChI=1S/C18H19NO4/c1-12-6-13(2)8-15(7-12)19-18(21)11-23-16-5-4-14(10-20)9-17(16)22-3/h4-10H,11H2,1-3H3,(H,19,21). The molecule has 0 saturated carbocycles. The highest BCUT2D eigenvalue weighted by atomic mass is 16.5. The number of hydrogen-bond donors (Lipinski definition) is 1. The van der Waals surface area contributed by atoms with Crippen molar-refractivity contribution in [2.75, 3.05) is 19.0 Å². The fraction of sp³-hybridized carbons (Fsp3) is 0.222. The molecule has 0 aromatic heterocycles. The molecule has 0 aliphatic carbocycles. The Morgan fingerprint density at radius 2 is 1.78 bits per heavy atom. The highest BCUT2D eigenvalue weighted by Crippen LogP contribution is 2.27. The summed E-state index contributed by atoms with van der Waals surface area (Å²) in [4.78, 5) is 22.7. The number of nitrogens with one attached hydrogen (secondary N) is 1. The Bertz CT molecular complexity index is 705. The first-order valence-electron chi connectivity index (χ1n) is 7.16. The Labute approximate surface area is 135 Å². The largest absolute Gasteiger partial charge is 0.493 e. The van der Waals surface area contributed by atoms with Crippen LogP contribution in [0.2, 0.25) is 0 Å². The van der Waals surface area contributed by atoms with Crippen LogP contribution >= 0.6 is 0 Å². The van der Waals surface area contributed by atoms with Gasteiger partial charge in [0.05, 0.1) is 7.11 Å². The zero-order valence-electron chi connectivity index (χ0n) is 13.4. The van der Waals surface area contributed by atoms with E-state index in [2.05, 4.69) is 5.32 Å². The molecule has 0 aliphatic heterocycles. The van der Waals surface area contributed by atoms with Crippen molar-refractivity contribution < 1.29 is 19.1 Å². The van der Waals surface area contributed by atoms with E-state index in [0.717, 1.165) is 23.1 Å². The van der Waals surface area contributed by atoms with E-state index in [0.29, 0.717) is 17.1 Å². The molecule has 0 atom stereocenters. The third-order valence-corrected chi connectivity index (χ3v) is 3.19. The van der Waals surface area contributed by atoms with Crippen molar-refractivity contribution in [3.63, 3.8) is 0 Å². The zero-order chi connectivity index (χ0) is 16.8. The molecule has 0 bridgehead atoms. The number of ether oxygens (including phenoxy) is 2. The van der Waals surface area contributed by atoms with Gasteiger partial charge in [-0.15, -0.1) is 0 Å². The van der Waals surface area contributed by atoms with Gasteiger partial charge in [0.2, 0.25) is 0 Å². The summed E-state index contributed by atoms with van der Waals surface area (Å²) < 4.78 is 10.6. The maximum atomic E-state index is 12.0. The van der Waals surface area contributed by atoms with Gasteiger partial charge in [-0.3, -0.25) is 9.59 Å². The molecule has 0 saturated heterocycles. The first-order chi connectivity index (χ1) is 11.0. The van der Waals surface area contributed by atoms with E-state index in [9.17, 15) is 9.59 Å². The van der Waals surface area contributed by atoms with Crippen LogP contribution in [0, 0.1) is 13.8 Å². The molecule has 0 spiro atoms. The maximum Gasteiger partial charge on any atom is 0.262 e. The van der Waals surface area contributed by atoms with Crippen molar-refractivity contribution in [2.24, 2.45) is 0 Å². The first kappa shape index (κ1) is 16.5. The van der Waals surface area contributed by atoms with E-state index in [4.69, 9.17) is 9.47 Å². The van der Waals surface area contributed by atoms with E-state index >= 15 is 0 Å². The van der Waals surface area contributed by atoms with Gasteiger partial charge in [0.15, 0.2) is 18.1 Å². The summed E-state index contributed by atoms with van der Waals surface area (Å²) >= 11 is 0. The molecule has 5 heteroatoms. The SMILES string of the molecule is COc1cc(C=O)ccc1OCC(=O)Nc1cc(C)cc(C)c1. The van der Waals surface area contributed by atoms with Crippen LogP contribution in [0.5, 0.6) is 11.5 Å². The highest BCUT2D eigenvalue weighted by Gasteiger charge is 2.09. The minimum absolute atomic E-state index is 0.149. The van der Waals surface area contributed by atoms with Crippen LogP contribution in [0.4, 0.5) is 5.69 Å². The molecule has 0 unspecified atom stereocenters. The van der Waals surface area contributed by atoms with Gasteiger partial charge in [0.1, 0.15) is 6.29 Å². The molecule has 0 fully saturated rings. The number of carbonyl (C=O) groups excluding carboxylic acids is 2. The molecular weight excluding hydrogens is 294 g/mol. The number of benzene rings is 2. The molecule has 0 aliphatic rings. The average Bonchev–Trinajstić information content (AvgIpc) is 2.51. The number of amides is 1. The molecule has 0 radical (unpaired) electrons. The van der Waals surface area contributed by atoms with Crippen molar-refractivity contribution in [1.82, 2.24) is 0 Å². The smallest absolute Gasteiger partial charge is 0.262 e. The van der Waals surface area contributed by atoms with Gasteiger partial charge >= 0.3 is 0 Å². The Kier molecular flexibility index (Phi) is 5.36. The summed E-state index contributed by atoms with van der Waals surface area (Å²) in [6.07, 6.45) is 0.721. The van der Waals surface area contributed by atoms with Crippen LogP contribution in [-0.2, 0) is 4.79 Å². The quantitative estimate of drug-likeness (QED) is 0.832. The van der Waals surface area contributed by atoms with Crippen molar-refractivity contribution in [3.8, 4) is 11.5 Å². The second-order valence-corrected chi connectivity index (χ2v) is 5.24. The van der Waals surface area contributed by atoms with Gasteiger partial charge < -0.3 is 14.8 Å². The van der Waals surface area contributed by atoms with E-state index in [1.165, 1.54) is 7.11 Å². The zero-order valence-corrected chi connectivity index (χ0v) is 13.4. The number of aldehydes is 1. The molecule has 1 amide bonds. The molecule has 23 heavy (non-hydrogen) atoms. The lowest BCUT2D eigenvalue weighted by Gasteiger charge is -2.11. The van der Waals surface area contributed by atoms with E-state index in [1.807, 2.05) is 32.0 Å². The summed E-state index contributed by atoms with van der Waals surface area (Å²) in [7, 11) is 1.48. The van der Waals surface area contributed by atoms with Crippen molar-refractivity contribution in [1.29, 1.82) is 0 Å². The second-order valence-electron chi connectivity index (χ2n) is 5.24. The Morgan fingerprint density at radius 1 is 1.09 bits per heavy atom. The molecular formula is C18H19NO4. The highest BCUT2D eigenvalue weighted by molar-refractivity contribution is 5.92. The third-order valence-electron chi connectivity index (χ3n) is 3.19. The third kappa shape index (κ3) is 4.57. The fourth-order valence-electron chi connectivity index (χ4n) is 2.26. The number of rotatable bonds is 6. The predicted molar refractivity (Wildman–Crippen MR) is 88.4 cm³/mol. The molecule has 0 heterocycles. The van der Waals surface area contributed by atoms with Gasteiger partial charge in [-0.2, -0.15) is 0 Å². The predicted octanol–water partition coefficient (Wildman–Crippen LogP) is 3.14. The number of carbonyl (C=O) groups is 2. The average molecular weight is 313 g/mol. The minimum Gasteiger partial charge on any atom is -0.493 e. The maximum absolute atomic E-state index is 12.0. The Hall–Kier alpha value is -2.82. The minimum atomic E-state index is -0.267. The van der Waals surface area contributed by atoms with Crippen LogP contribution < -0.4 is 14.8 Å². The summed E-state index contributed by atoms with van der Waals surface area (Å²) in [6, 6.07) is 10.6. The summed E-state index contributed by atoms with van der Waals surface area (Å²) in [5.74, 6) is 0.555. The molecule has 120 valence electrons. The van der Waals surface area contributed by atoms with Crippen molar-refractivity contribution in [2.45, 2.75) is 13.8 Å².